The summed E-state index contributed by atoms with van der Waals surface area (Å²) >= 11 is 0. The molecule has 0 aliphatic rings. The van der Waals surface area contributed by atoms with Crippen LogP contribution in [0.4, 0.5) is 5.69 Å². The number of nitrogens with zero attached hydrogens (tertiary/aromatic N) is 2. The van der Waals surface area contributed by atoms with Gasteiger partial charge in [0.15, 0.2) is 11.5 Å². The Balaban J connectivity index is 2.02. The molecule has 112 valence electrons. The highest BCUT2D eigenvalue weighted by atomic mass is 16.5. The lowest BCUT2D eigenvalue weighted by Gasteiger charge is -2.09. The number of nitrogen functional groups attached to an aromatic ring is 1. The predicted octanol–water partition coefficient (Wildman–Crippen LogP) is 3.00. The average molecular weight is 297 g/mol. The Labute approximate surface area is 127 Å². The van der Waals surface area contributed by atoms with Gasteiger partial charge in [-0.3, -0.25) is 0 Å². The first-order valence-corrected chi connectivity index (χ1v) is 6.64. The monoisotopic (exact) mass is 297 g/mol. The molecule has 6 heteroatoms. The molecule has 0 aliphatic carbocycles. The van der Waals surface area contributed by atoms with Gasteiger partial charge >= 0.3 is 0 Å². The summed E-state index contributed by atoms with van der Waals surface area (Å²) in [6, 6.07) is 12.7. The van der Waals surface area contributed by atoms with Crippen molar-refractivity contribution in [1.29, 1.82) is 0 Å². The van der Waals surface area contributed by atoms with Crippen molar-refractivity contribution < 1.29 is 14.0 Å². The van der Waals surface area contributed by atoms with Crippen LogP contribution in [0.15, 0.2) is 47.0 Å². The van der Waals surface area contributed by atoms with Crippen LogP contribution in [-0.2, 0) is 0 Å². The lowest BCUT2D eigenvalue weighted by molar-refractivity contribution is 0.355. The van der Waals surface area contributed by atoms with Crippen molar-refractivity contribution in [3.8, 4) is 34.3 Å². The molecular weight excluding hydrogens is 282 g/mol. The highest BCUT2D eigenvalue weighted by Gasteiger charge is 2.17. The van der Waals surface area contributed by atoms with E-state index in [4.69, 9.17) is 19.7 Å². The second-order valence-electron chi connectivity index (χ2n) is 4.59. The summed E-state index contributed by atoms with van der Waals surface area (Å²) in [6.07, 6.45) is 0. The van der Waals surface area contributed by atoms with E-state index in [9.17, 15) is 0 Å². The molecule has 0 saturated carbocycles. The van der Waals surface area contributed by atoms with E-state index in [0.717, 1.165) is 5.56 Å². The standard InChI is InChI=1S/C16H15N3O3/c1-20-13-5-3-4-12(14(13)21-2)15-18-16(22-19-15)10-6-8-11(17)9-7-10/h3-9H,17H2,1-2H3. The van der Waals surface area contributed by atoms with E-state index in [-0.39, 0.29) is 0 Å². The van der Waals surface area contributed by atoms with Gasteiger partial charge in [0.05, 0.1) is 19.8 Å². The van der Waals surface area contributed by atoms with Crippen molar-refractivity contribution in [3.05, 3.63) is 42.5 Å². The first-order chi connectivity index (χ1) is 10.7. The Bertz CT molecular complexity index is 782. The van der Waals surface area contributed by atoms with Crippen molar-refractivity contribution in [2.75, 3.05) is 20.0 Å². The first kappa shape index (κ1) is 13.9. The fourth-order valence-corrected chi connectivity index (χ4v) is 2.14. The molecule has 3 aromatic rings. The minimum absolute atomic E-state index is 0.417. The number of methoxy groups -OCH3 is 2. The van der Waals surface area contributed by atoms with E-state index in [1.165, 1.54) is 0 Å². The maximum absolute atomic E-state index is 5.67. The van der Waals surface area contributed by atoms with Gasteiger partial charge in [-0.1, -0.05) is 11.2 Å². The first-order valence-electron chi connectivity index (χ1n) is 6.64. The molecule has 0 radical (unpaired) electrons. The molecule has 0 unspecified atom stereocenters. The van der Waals surface area contributed by atoms with Crippen LogP contribution in [0.3, 0.4) is 0 Å². The molecule has 0 aliphatic heterocycles. The van der Waals surface area contributed by atoms with E-state index < -0.39 is 0 Å². The topological polar surface area (TPSA) is 83.4 Å². The maximum atomic E-state index is 5.67. The maximum Gasteiger partial charge on any atom is 0.258 e. The number of rotatable bonds is 4. The summed E-state index contributed by atoms with van der Waals surface area (Å²) in [5, 5.41) is 4.02. The van der Waals surface area contributed by atoms with Crippen molar-refractivity contribution in [1.82, 2.24) is 10.1 Å². The summed E-state index contributed by atoms with van der Waals surface area (Å²) < 4.78 is 16.0. The zero-order valence-corrected chi connectivity index (χ0v) is 12.2. The minimum atomic E-state index is 0.417. The number of benzene rings is 2. The van der Waals surface area contributed by atoms with Crippen molar-refractivity contribution >= 4 is 5.69 Å². The van der Waals surface area contributed by atoms with E-state index in [1.807, 2.05) is 30.3 Å². The molecule has 0 bridgehead atoms. The highest BCUT2D eigenvalue weighted by molar-refractivity contribution is 5.70. The third-order valence-corrected chi connectivity index (χ3v) is 3.23. The normalized spacial score (nSPS) is 10.5. The largest absolute Gasteiger partial charge is 0.493 e. The third kappa shape index (κ3) is 2.46. The van der Waals surface area contributed by atoms with E-state index in [1.54, 1.807) is 26.4 Å². The summed E-state index contributed by atoms with van der Waals surface area (Å²) in [6.45, 7) is 0. The Kier molecular flexibility index (Phi) is 3.65. The molecule has 2 N–H and O–H groups in total. The van der Waals surface area contributed by atoms with Gasteiger partial charge in [-0.2, -0.15) is 4.98 Å². The van der Waals surface area contributed by atoms with Crippen molar-refractivity contribution in [3.63, 3.8) is 0 Å². The molecule has 1 aromatic heterocycles. The van der Waals surface area contributed by atoms with Gasteiger partial charge in [-0.05, 0) is 36.4 Å². The van der Waals surface area contributed by atoms with Crippen LogP contribution in [0.5, 0.6) is 11.5 Å². The number of anilines is 1. The lowest BCUT2D eigenvalue weighted by Crippen LogP contribution is -1.94. The molecule has 6 nitrogen and oxygen atoms in total. The molecular formula is C16H15N3O3. The second kappa shape index (κ2) is 5.77. The number of para-hydroxylation sites is 1. The summed E-state index contributed by atoms with van der Waals surface area (Å²) in [7, 11) is 3.15. The minimum Gasteiger partial charge on any atom is -0.493 e. The zero-order valence-electron chi connectivity index (χ0n) is 12.2. The summed E-state index contributed by atoms with van der Waals surface area (Å²) in [5.41, 5.74) is 7.85. The molecule has 1 heterocycles. The molecule has 0 spiro atoms. The van der Waals surface area contributed by atoms with Gasteiger partial charge in [-0.25, -0.2) is 0 Å². The van der Waals surface area contributed by atoms with Gasteiger partial charge in [0.1, 0.15) is 0 Å². The van der Waals surface area contributed by atoms with Crippen LogP contribution >= 0.6 is 0 Å². The lowest BCUT2D eigenvalue weighted by atomic mass is 10.1. The van der Waals surface area contributed by atoms with Gasteiger partial charge in [0.25, 0.3) is 5.89 Å². The van der Waals surface area contributed by atoms with Crippen LogP contribution in [0.2, 0.25) is 0 Å². The Morgan fingerprint density at radius 3 is 2.45 bits per heavy atom. The van der Waals surface area contributed by atoms with E-state index in [0.29, 0.717) is 34.5 Å². The molecule has 3 rings (SSSR count). The van der Waals surface area contributed by atoms with Crippen molar-refractivity contribution in [2.45, 2.75) is 0 Å². The fraction of sp³-hybridized carbons (Fsp3) is 0.125. The fourth-order valence-electron chi connectivity index (χ4n) is 2.14. The second-order valence-corrected chi connectivity index (χ2v) is 4.59. The number of aromatic nitrogens is 2. The van der Waals surface area contributed by atoms with Gasteiger partial charge in [-0.15, -0.1) is 0 Å². The summed E-state index contributed by atoms with van der Waals surface area (Å²) in [4.78, 5) is 4.41. The highest BCUT2D eigenvalue weighted by Crippen LogP contribution is 2.37. The Hall–Kier alpha value is -3.02. The number of nitrogens with two attached hydrogens (primary N) is 1. The van der Waals surface area contributed by atoms with E-state index >= 15 is 0 Å². The quantitative estimate of drug-likeness (QED) is 0.745. The average Bonchev–Trinajstić information content (AvgIpc) is 3.04. The van der Waals surface area contributed by atoms with Gasteiger partial charge < -0.3 is 19.7 Å². The SMILES string of the molecule is COc1cccc(-c2noc(-c3ccc(N)cc3)n2)c1OC. The molecule has 0 atom stereocenters. The molecule has 2 aromatic carbocycles. The molecule has 0 saturated heterocycles. The van der Waals surface area contributed by atoms with Gasteiger partial charge in [0, 0.05) is 11.3 Å². The number of ether oxygens (including phenoxy) is 2. The van der Waals surface area contributed by atoms with Crippen LogP contribution in [-0.4, -0.2) is 24.4 Å². The molecule has 22 heavy (non-hydrogen) atoms. The van der Waals surface area contributed by atoms with Crippen LogP contribution < -0.4 is 15.2 Å². The smallest absolute Gasteiger partial charge is 0.258 e. The van der Waals surface area contributed by atoms with Gasteiger partial charge in [0.2, 0.25) is 5.82 Å². The predicted molar refractivity (Wildman–Crippen MR) is 82.7 cm³/mol. The van der Waals surface area contributed by atoms with E-state index in [2.05, 4.69) is 10.1 Å². The van der Waals surface area contributed by atoms with Crippen molar-refractivity contribution in [2.24, 2.45) is 0 Å². The Morgan fingerprint density at radius 2 is 1.77 bits per heavy atom. The number of hydrogen-bond donors (Lipinski definition) is 1. The molecule has 0 fully saturated rings. The van der Waals surface area contributed by atoms with Crippen LogP contribution in [0.1, 0.15) is 0 Å². The van der Waals surface area contributed by atoms with Crippen LogP contribution in [0.25, 0.3) is 22.8 Å². The Morgan fingerprint density at radius 1 is 1.00 bits per heavy atom. The third-order valence-electron chi connectivity index (χ3n) is 3.23. The zero-order chi connectivity index (χ0) is 15.5. The number of hydrogen-bond acceptors (Lipinski definition) is 6. The summed E-state index contributed by atoms with van der Waals surface area (Å²) in [5.74, 6) is 2.02. The molecule has 0 amide bonds. The van der Waals surface area contributed by atoms with Crippen LogP contribution in [0, 0.1) is 0 Å².